The second kappa shape index (κ2) is 7.63. The van der Waals surface area contributed by atoms with Crippen molar-refractivity contribution in [2.24, 2.45) is 0 Å². The lowest BCUT2D eigenvalue weighted by Crippen LogP contribution is -2.51. The zero-order valence-electron chi connectivity index (χ0n) is 16.6. The number of carbonyl (C=O) groups excluding carboxylic acids is 2. The highest BCUT2D eigenvalue weighted by atomic mass is 16.2. The summed E-state index contributed by atoms with van der Waals surface area (Å²) in [5.74, 6) is 0.618. The highest BCUT2D eigenvalue weighted by Gasteiger charge is 2.31. The Labute approximate surface area is 170 Å². The predicted molar refractivity (Wildman–Crippen MR) is 109 cm³/mol. The summed E-state index contributed by atoms with van der Waals surface area (Å²) >= 11 is 0. The Bertz CT molecular complexity index is 893. The van der Waals surface area contributed by atoms with Crippen molar-refractivity contribution in [2.45, 2.75) is 37.6 Å². The quantitative estimate of drug-likeness (QED) is 0.812. The van der Waals surface area contributed by atoms with E-state index in [1.54, 1.807) is 4.68 Å². The van der Waals surface area contributed by atoms with Gasteiger partial charge in [0.1, 0.15) is 5.69 Å². The van der Waals surface area contributed by atoms with Crippen LogP contribution in [-0.2, 0) is 4.79 Å². The van der Waals surface area contributed by atoms with Gasteiger partial charge >= 0.3 is 0 Å². The van der Waals surface area contributed by atoms with Crippen molar-refractivity contribution in [1.29, 1.82) is 0 Å². The highest BCUT2D eigenvalue weighted by Crippen LogP contribution is 2.39. The van der Waals surface area contributed by atoms with Crippen molar-refractivity contribution < 1.29 is 9.59 Å². The van der Waals surface area contributed by atoms with Crippen LogP contribution < -0.4 is 5.32 Å². The number of carbonyl (C=O) groups is 2. The number of hydrogen-bond acceptors (Lipinski definition) is 4. The molecule has 1 aromatic carbocycles. The zero-order valence-corrected chi connectivity index (χ0v) is 16.6. The Kier molecular flexibility index (Phi) is 4.83. The molecule has 1 aromatic heterocycles. The first-order valence-electron chi connectivity index (χ1n) is 10.6. The van der Waals surface area contributed by atoms with Crippen LogP contribution >= 0.6 is 0 Å². The first-order chi connectivity index (χ1) is 14.2. The van der Waals surface area contributed by atoms with Crippen LogP contribution in [0.5, 0.6) is 0 Å². The van der Waals surface area contributed by atoms with E-state index in [-0.39, 0.29) is 11.8 Å². The number of hydrogen-bond donors (Lipinski definition) is 1. The van der Waals surface area contributed by atoms with Crippen molar-refractivity contribution in [3.8, 4) is 5.69 Å². The van der Waals surface area contributed by atoms with Gasteiger partial charge in [0, 0.05) is 38.1 Å². The van der Waals surface area contributed by atoms with Gasteiger partial charge in [-0.05, 0) is 43.9 Å². The summed E-state index contributed by atoms with van der Waals surface area (Å²) in [6.45, 7) is 3.13. The van der Waals surface area contributed by atoms with E-state index in [2.05, 4.69) is 10.2 Å². The molecule has 2 amide bonds. The lowest BCUT2D eigenvalue weighted by Gasteiger charge is -2.34. The number of amides is 2. The number of nitrogens with one attached hydrogen (secondary N) is 1. The molecule has 152 valence electrons. The van der Waals surface area contributed by atoms with Gasteiger partial charge in [-0.1, -0.05) is 18.2 Å². The van der Waals surface area contributed by atoms with Gasteiger partial charge < -0.3 is 10.2 Å². The van der Waals surface area contributed by atoms with Crippen molar-refractivity contribution in [2.75, 3.05) is 32.7 Å². The molecule has 0 unspecified atom stereocenters. The number of aromatic nitrogens is 2. The fraction of sp³-hybridized carbons (Fsp3) is 0.500. The number of para-hydroxylation sites is 1. The first kappa shape index (κ1) is 18.4. The average molecular weight is 393 g/mol. The van der Waals surface area contributed by atoms with Crippen molar-refractivity contribution >= 4 is 11.8 Å². The number of rotatable bonds is 6. The molecule has 1 N–H and O–H groups in total. The molecule has 0 atom stereocenters. The van der Waals surface area contributed by atoms with Crippen molar-refractivity contribution in [1.82, 2.24) is 24.9 Å². The smallest absolute Gasteiger partial charge is 0.272 e. The summed E-state index contributed by atoms with van der Waals surface area (Å²) in [6, 6.07) is 12.2. The van der Waals surface area contributed by atoms with E-state index in [4.69, 9.17) is 5.10 Å². The van der Waals surface area contributed by atoms with Gasteiger partial charge in [0.15, 0.2) is 0 Å². The van der Waals surface area contributed by atoms with Gasteiger partial charge in [-0.25, -0.2) is 4.68 Å². The molecule has 3 fully saturated rings. The van der Waals surface area contributed by atoms with Crippen molar-refractivity contribution in [3.05, 3.63) is 47.8 Å². The van der Waals surface area contributed by atoms with Gasteiger partial charge in [-0.15, -0.1) is 0 Å². The van der Waals surface area contributed by atoms with Gasteiger partial charge in [0.05, 0.1) is 17.9 Å². The molecule has 1 saturated heterocycles. The van der Waals surface area contributed by atoms with Crippen LogP contribution in [0.3, 0.4) is 0 Å². The van der Waals surface area contributed by atoms with Gasteiger partial charge in [0.25, 0.3) is 5.91 Å². The standard InChI is InChI=1S/C22H27N5O2/c28-21(23-17-8-9-17)15-25-10-12-26(13-11-25)22(29)20-14-19(16-6-7-16)24-27(20)18-4-2-1-3-5-18/h1-5,14,16-17H,6-13,15H2,(H,23,28). The van der Waals surface area contributed by atoms with Crippen LogP contribution in [0, 0.1) is 0 Å². The summed E-state index contributed by atoms with van der Waals surface area (Å²) in [7, 11) is 0. The predicted octanol–water partition coefficient (Wildman–Crippen LogP) is 1.79. The Morgan fingerprint density at radius 1 is 1.00 bits per heavy atom. The van der Waals surface area contributed by atoms with E-state index in [0.29, 0.717) is 37.3 Å². The minimum atomic E-state index is 0.0235. The molecular weight excluding hydrogens is 366 g/mol. The Morgan fingerprint density at radius 3 is 2.38 bits per heavy atom. The van der Waals surface area contributed by atoms with Crippen LogP contribution in [0.2, 0.25) is 0 Å². The van der Waals surface area contributed by atoms with Crippen LogP contribution in [-0.4, -0.2) is 70.2 Å². The van der Waals surface area contributed by atoms with Crippen LogP contribution in [0.1, 0.15) is 47.8 Å². The molecule has 2 aliphatic carbocycles. The molecule has 1 aliphatic heterocycles. The van der Waals surface area contributed by atoms with Crippen LogP contribution in [0.4, 0.5) is 0 Å². The summed E-state index contributed by atoms with van der Waals surface area (Å²) in [6.07, 6.45) is 4.51. The maximum absolute atomic E-state index is 13.3. The minimum absolute atomic E-state index is 0.0235. The average Bonchev–Trinajstić information content (AvgIpc) is 3.68. The maximum atomic E-state index is 13.3. The van der Waals surface area contributed by atoms with E-state index in [1.807, 2.05) is 41.3 Å². The number of benzene rings is 1. The molecule has 2 heterocycles. The van der Waals surface area contributed by atoms with Crippen molar-refractivity contribution in [3.63, 3.8) is 0 Å². The first-order valence-corrected chi connectivity index (χ1v) is 10.6. The maximum Gasteiger partial charge on any atom is 0.272 e. The second-order valence-corrected chi connectivity index (χ2v) is 8.39. The normalized spacial score (nSPS) is 19.9. The third-order valence-corrected chi connectivity index (χ3v) is 5.91. The van der Waals surface area contributed by atoms with Gasteiger partial charge in [-0.3, -0.25) is 14.5 Å². The molecule has 2 saturated carbocycles. The van der Waals surface area contributed by atoms with Gasteiger partial charge in [-0.2, -0.15) is 5.10 Å². The molecule has 7 heteroatoms. The third kappa shape index (κ3) is 4.19. The Morgan fingerprint density at radius 2 is 1.72 bits per heavy atom. The van der Waals surface area contributed by atoms with E-state index in [9.17, 15) is 9.59 Å². The largest absolute Gasteiger partial charge is 0.352 e. The third-order valence-electron chi connectivity index (χ3n) is 5.91. The van der Waals surface area contributed by atoms with E-state index in [1.165, 1.54) is 0 Å². The lowest BCUT2D eigenvalue weighted by atomic mass is 10.2. The van der Waals surface area contributed by atoms with E-state index in [0.717, 1.165) is 50.2 Å². The van der Waals surface area contributed by atoms with E-state index >= 15 is 0 Å². The molecule has 2 aromatic rings. The topological polar surface area (TPSA) is 70.5 Å². The minimum Gasteiger partial charge on any atom is -0.352 e. The molecule has 5 rings (SSSR count). The second-order valence-electron chi connectivity index (χ2n) is 8.39. The summed E-state index contributed by atoms with van der Waals surface area (Å²) in [4.78, 5) is 29.3. The Hall–Kier alpha value is -2.67. The van der Waals surface area contributed by atoms with Crippen LogP contribution in [0.25, 0.3) is 5.69 Å². The monoisotopic (exact) mass is 393 g/mol. The summed E-state index contributed by atoms with van der Waals surface area (Å²) in [5.41, 5.74) is 2.57. The molecular formula is C22H27N5O2. The highest BCUT2D eigenvalue weighted by molar-refractivity contribution is 5.93. The van der Waals surface area contributed by atoms with Crippen LogP contribution in [0.15, 0.2) is 36.4 Å². The molecule has 7 nitrogen and oxygen atoms in total. The van der Waals surface area contributed by atoms with Gasteiger partial charge in [0.2, 0.25) is 5.91 Å². The fourth-order valence-electron chi connectivity index (χ4n) is 3.87. The fourth-order valence-corrected chi connectivity index (χ4v) is 3.87. The number of nitrogens with zero attached hydrogens (tertiary/aromatic N) is 4. The molecule has 0 spiro atoms. The summed E-state index contributed by atoms with van der Waals surface area (Å²) in [5, 5.41) is 7.79. The van der Waals surface area contributed by atoms with E-state index < -0.39 is 0 Å². The molecule has 3 aliphatic rings. The lowest BCUT2D eigenvalue weighted by molar-refractivity contribution is -0.122. The molecule has 0 radical (unpaired) electrons. The molecule has 29 heavy (non-hydrogen) atoms. The Balaban J connectivity index is 1.26. The number of piperazine rings is 1. The SMILES string of the molecule is O=C(CN1CCN(C(=O)c2cc(C3CC3)nn2-c2ccccc2)CC1)NC1CC1. The zero-order chi connectivity index (χ0) is 19.8. The summed E-state index contributed by atoms with van der Waals surface area (Å²) < 4.78 is 1.80. The molecule has 0 bridgehead atoms.